The normalized spacial score (nSPS) is 12.2. The minimum Gasteiger partial charge on any atom is -0.508 e. The van der Waals surface area contributed by atoms with Gasteiger partial charge in [0.1, 0.15) is 11.5 Å². The van der Waals surface area contributed by atoms with Crippen LogP contribution >= 0.6 is 0 Å². The van der Waals surface area contributed by atoms with E-state index in [0.717, 1.165) is 29.0 Å². The van der Waals surface area contributed by atoms with Crippen molar-refractivity contribution >= 4 is 0 Å². The van der Waals surface area contributed by atoms with Crippen molar-refractivity contribution in [2.24, 2.45) is 5.92 Å². The van der Waals surface area contributed by atoms with E-state index < -0.39 is 0 Å². The largest absolute Gasteiger partial charge is 0.508 e. The molecule has 0 radical (unpaired) electrons. The lowest BCUT2D eigenvalue weighted by molar-refractivity contribution is 0.448. The van der Waals surface area contributed by atoms with Crippen molar-refractivity contribution < 1.29 is 10.2 Å². The van der Waals surface area contributed by atoms with E-state index in [1.807, 2.05) is 13.8 Å². The van der Waals surface area contributed by atoms with E-state index in [-0.39, 0.29) is 5.75 Å². The van der Waals surface area contributed by atoms with Crippen LogP contribution in [0.1, 0.15) is 56.7 Å². The maximum atomic E-state index is 10.1. The Labute approximate surface area is 123 Å². The fourth-order valence-corrected chi connectivity index (χ4v) is 2.37. The number of hydrogen-bond acceptors (Lipinski definition) is 2. The topological polar surface area (TPSA) is 40.5 Å². The number of hydrogen-bond donors (Lipinski definition) is 2. The number of aryl methyl sites for hydroxylation is 1. The Morgan fingerprint density at radius 3 is 2.50 bits per heavy atom. The quantitative estimate of drug-likeness (QED) is 0.565. The average Bonchev–Trinajstić information content (AvgIpc) is 2.36. The minimum atomic E-state index is 0.265. The van der Waals surface area contributed by atoms with Crippen molar-refractivity contribution in [2.45, 2.75) is 60.3 Å². The van der Waals surface area contributed by atoms with Crippen LogP contribution < -0.4 is 0 Å². The van der Waals surface area contributed by atoms with Crippen LogP contribution in [0.25, 0.3) is 0 Å². The Bertz CT molecular complexity index is 458. The fraction of sp³-hybridized carbons (Fsp3) is 0.556. The highest BCUT2D eigenvalue weighted by Gasteiger charge is 2.11. The average molecular weight is 276 g/mol. The fourth-order valence-electron chi connectivity index (χ4n) is 2.37. The third-order valence-corrected chi connectivity index (χ3v) is 3.86. The van der Waals surface area contributed by atoms with Crippen LogP contribution in [0.4, 0.5) is 0 Å². The summed E-state index contributed by atoms with van der Waals surface area (Å²) in [5, 5.41) is 20.0. The molecule has 2 N–H and O–H groups in total. The molecule has 1 rings (SSSR count). The molecule has 0 saturated carbocycles. The van der Waals surface area contributed by atoms with Gasteiger partial charge in [-0.25, -0.2) is 0 Å². The molecule has 0 aliphatic rings. The highest BCUT2D eigenvalue weighted by Crippen LogP contribution is 2.32. The Hall–Kier alpha value is -1.44. The van der Waals surface area contributed by atoms with E-state index in [9.17, 15) is 10.2 Å². The molecule has 0 fully saturated rings. The second-order valence-electron chi connectivity index (χ2n) is 6.21. The Morgan fingerprint density at radius 2 is 1.90 bits per heavy atom. The Morgan fingerprint density at radius 1 is 1.25 bits per heavy atom. The molecule has 0 bridgehead atoms. The first-order valence-corrected chi connectivity index (χ1v) is 7.49. The molecule has 0 aromatic heterocycles. The van der Waals surface area contributed by atoms with Crippen LogP contribution in [0.2, 0.25) is 0 Å². The van der Waals surface area contributed by atoms with Gasteiger partial charge in [-0.05, 0) is 63.1 Å². The van der Waals surface area contributed by atoms with E-state index >= 15 is 0 Å². The molecule has 0 saturated heterocycles. The molecule has 0 aliphatic heterocycles. The van der Waals surface area contributed by atoms with Gasteiger partial charge in [-0.2, -0.15) is 0 Å². The number of benzene rings is 1. The smallest absolute Gasteiger partial charge is 0.122 e. The predicted octanol–water partition coefficient (Wildman–Crippen LogP) is 5.03. The molecule has 0 heterocycles. The van der Waals surface area contributed by atoms with E-state index in [1.54, 1.807) is 6.07 Å². The molecule has 20 heavy (non-hydrogen) atoms. The Balaban J connectivity index is 2.74. The maximum absolute atomic E-state index is 10.1. The van der Waals surface area contributed by atoms with Gasteiger partial charge in [0, 0.05) is 5.56 Å². The number of aromatic hydroxyl groups is 2. The summed E-state index contributed by atoms with van der Waals surface area (Å²) in [7, 11) is 0. The van der Waals surface area contributed by atoms with Gasteiger partial charge < -0.3 is 10.2 Å². The first-order chi connectivity index (χ1) is 9.32. The zero-order valence-corrected chi connectivity index (χ0v) is 13.5. The molecule has 1 aromatic rings. The van der Waals surface area contributed by atoms with Gasteiger partial charge in [-0.15, -0.1) is 0 Å². The van der Waals surface area contributed by atoms with Crippen molar-refractivity contribution in [3.8, 4) is 11.5 Å². The molecular formula is C18H28O2. The lowest BCUT2D eigenvalue weighted by Crippen LogP contribution is -1.93. The summed E-state index contributed by atoms with van der Waals surface area (Å²) in [6, 6.07) is 1.62. The lowest BCUT2D eigenvalue weighted by Gasteiger charge is -2.12. The molecule has 0 aliphatic carbocycles. The first-order valence-electron chi connectivity index (χ1n) is 7.49. The van der Waals surface area contributed by atoms with Crippen molar-refractivity contribution in [3.05, 3.63) is 34.4 Å². The van der Waals surface area contributed by atoms with Gasteiger partial charge in [0.2, 0.25) is 0 Å². The van der Waals surface area contributed by atoms with Gasteiger partial charge in [0.05, 0.1) is 0 Å². The van der Waals surface area contributed by atoms with Gasteiger partial charge in [-0.3, -0.25) is 0 Å². The standard InChI is InChI=1S/C18H28O2/c1-12(2)7-6-8-13(3)9-10-16-15(5)17(19)11-14(4)18(16)20/h9,11-12,19-20H,6-8,10H2,1-5H3/b13-9-. The predicted molar refractivity (Wildman–Crippen MR) is 85.4 cm³/mol. The number of rotatable bonds is 6. The second kappa shape index (κ2) is 7.37. The second-order valence-corrected chi connectivity index (χ2v) is 6.21. The van der Waals surface area contributed by atoms with E-state index in [1.165, 1.54) is 18.4 Å². The molecule has 2 heteroatoms. The highest BCUT2D eigenvalue weighted by atomic mass is 16.3. The number of allylic oxidation sites excluding steroid dienone is 2. The molecule has 0 spiro atoms. The van der Waals surface area contributed by atoms with Crippen molar-refractivity contribution in [2.75, 3.05) is 0 Å². The minimum absolute atomic E-state index is 0.265. The number of phenolic OH excluding ortho intramolecular Hbond substituents is 2. The molecule has 2 nitrogen and oxygen atoms in total. The molecule has 1 aromatic carbocycles. The van der Waals surface area contributed by atoms with Crippen LogP contribution in [0, 0.1) is 19.8 Å². The Kier molecular flexibility index (Phi) is 6.12. The lowest BCUT2D eigenvalue weighted by atomic mass is 9.97. The highest BCUT2D eigenvalue weighted by molar-refractivity contribution is 5.52. The SMILES string of the molecule is C/C(=C/Cc1c(C)c(O)cc(C)c1O)CCCC(C)C. The van der Waals surface area contributed by atoms with Crippen LogP contribution in [-0.2, 0) is 6.42 Å². The van der Waals surface area contributed by atoms with Crippen molar-refractivity contribution in [1.29, 1.82) is 0 Å². The maximum Gasteiger partial charge on any atom is 0.122 e. The first kappa shape index (κ1) is 16.6. The zero-order chi connectivity index (χ0) is 15.3. The third-order valence-electron chi connectivity index (χ3n) is 3.86. The molecular weight excluding hydrogens is 248 g/mol. The molecule has 0 unspecified atom stereocenters. The molecule has 112 valence electrons. The van der Waals surface area contributed by atoms with E-state index in [2.05, 4.69) is 26.8 Å². The summed E-state index contributed by atoms with van der Waals surface area (Å²) in [6.07, 6.45) is 6.42. The summed E-state index contributed by atoms with van der Waals surface area (Å²) in [6.45, 7) is 10.3. The van der Waals surface area contributed by atoms with Gasteiger partial charge in [-0.1, -0.05) is 31.9 Å². The zero-order valence-electron chi connectivity index (χ0n) is 13.5. The van der Waals surface area contributed by atoms with Crippen molar-refractivity contribution in [3.63, 3.8) is 0 Å². The van der Waals surface area contributed by atoms with Gasteiger partial charge >= 0.3 is 0 Å². The van der Waals surface area contributed by atoms with Crippen LogP contribution in [0.3, 0.4) is 0 Å². The monoisotopic (exact) mass is 276 g/mol. The van der Waals surface area contributed by atoms with E-state index in [0.29, 0.717) is 12.2 Å². The van der Waals surface area contributed by atoms with Gasteiger partial charge in [0.15, 0.2) is 0 Å². The molecule has 0 amide bonds. The van der Waals surface area contributed by atoms with Gasteiger partial charge in [0.25, 0.3) is 0 Å². The molecule has 0 atom stereocenters. The summed E-state index contributed by atoms with van der Waals surface area (Å²) < 4.78 is 0. The van der Waals surface area contributed by atoms with E-state index in [4.69, 9.17) is 0 Å². The summed E-state index contributed by atoms with van der Waals surface area (Å²) in [4.78, 5) is 0. The van der Waals surface area contributed by atoms with Crippen molar-refractivity contribution in [1.82, 2.24) is 0 Å². The number of phenols is 2. The summed E-state index contributed by atoms with van der Waals surface area (Å²) >= 11 is 0. The third kappa shape index (κ3) is 4.59. The summed E-state index contributed by atoms with van der Waals surface area (Å²) in [5.41, 5.74) is 3.70. The van der Waals surface area contributed by atoms with Crippen LogP contribution in [0.5, 0.6) is 11.5 Å². The van der Waals surface area contributed by atoms with Crippen LogP contribution in [-0.4, -0.2) is 10.2 Å². The summed E-state index contributed by atoms with van der Waals surface area (Å²) in [5.74, 6) is 1.33. The van der Waals surface area contributed by atoms with Crippen LogP contribution in [0.15, 0.2) is 17.7 Å².